The van der Waals surface area contributed by atoms with Gasteiger partial charge in [0.2, 0.25) is 0 Å². The van der Waals surface area contributed by atoms with Crippen LogP contribution in [0.4, 0.5) is 4.79 Å². The molecule has 0 saturated carbocycles. The van der Waals surface area contributed by atoms with Gasteiger partial charge in [0, 0.05) is 29.5 Å². The fourth-order valence-electron chi connectivity index (χ4n) is 5.77. The maximum Gasteiger partial charge on any atom is 0.407 e. The van der Waals surface area contributed by atoms with Gasteiger partial charge in [-0.15, -0.1) is 0 Å². The molecule has 4 aromatic carbocycles. The number of fused-ring (bicyclic) bond motifs is 4. The molecule has 1 atom stereocenters. The van der Waals surface area contributed by atoms with Crippen molar-refractivity contribution in [3.05, 3.63) is 125 Å². The van der Waals surface area contributed by atoms with Crippen molar-refractivity contribution in [1.29, 1.82) is 0 Å². The van der Waals surface area contributed by atoms with Crippen LogP contribution in [0.3, 0.4) is 0 Å². The second kappa shape index (κ2) is 11.0. The number of nitrogens with two attached hydrogens (primary N) is 1. The van der Waals surface area contributed by atoms with E-state index in [1.165, 1.54) is 34.2 Å². The van der Waals surface area contributed by atoms with E-state index in [1.54, 1.807) is 0 Å². The smallest absolute Gasteiger partial charge is 0.407 e. The molecule has 1 heterocycles. The van der Waals surface area contributed by atoms with Crippen molar-refractivity contribution in [3.8, 4) is 11.1 Å². The summed E-state index contributed by atoms with van der Waals surface area (Å²) in [5, 5.41) is 8.56. The van der Waals surface area contributed by atoms with E-state index in [0.29, 0.717) is 18.5 Å². The summed E-state index contributed by atoms with van der Waals surface area (Å²) in [5.41, 5.74) is 7.51. The molecule has 2 amide bonds. The Morgan fingerprint density at radius 2 is 1.49 bits per heavy atom. The van der Waals surface area contributed by atoms with Crippen LogP contribution in [0.1, 0.15) is 44.6 Å². The SMILES string of the molecule is NSc1ccc(C2Cc3ccccc3C(=O)N2CCNC(=O)OCC2c3ccccc3-c3ccccc32)cc1. The van der Waals surface area contributed by atoms with Crippen molar-refractivity contribution in [2.45, 2.75) is 23.3 Å². The lowest BCUT2D eigenvalue weighted by molar-refractivity contribution is 0.0645. The van der Waals surface area contributed by atoms with E-state index in [0.717, 1.165) is 16.0 Å². The molecule has 0 aromatic heterocycles. The number of ether oxygens (including phenoxy) is 1. The number of carbonyl (C=O) groups excluding carboxylic acids is 2. The van der Waals surface area contributed by atoms with Gasteiger partial charge in [0.15, 0.2) is 0 Å². The van der Waals surface area contributed by atoms with Gasteiger partial charge in [-0.05, 0) is 69.9 Å². The van der Waals surface area contributed by atoms with Crippen LogP contribution in [0, 0.1) is 0 Å². The molecule has 2 aliphatic rings. The van der Waals surface area contributed by atoms with Crippen molar-refractivity contribution in [2.75, 3.05) is 19.7 Å². The standard InChI is InChI=1S/C32H29N3O3S/c33-39-23-15-13-21(14-16-23)30-19-22-7-1-2-8-24(22)31(36)35(30)18-17-34-32(37)38-20-29-27-11-5-3-9-25(27)26-10-4-6-12-28(26)29/h1-16,29-30H,17-20,33H2,(H,34,37). The first kappa shape index (κ1) is 25.2. The summed E-state index contributed by atoms with van der Waals surface area (Å²) in [6, 6.07) is 32.1. The molecule has 39 heavy (non-hydrogen) atoms. The molecule has 196 valence electrons. The number of nitrogens with zero attached hydrogens (tertiary/aromatic N) is 1. The van der Waals surface area contributed by atoms with Crippen molar-refractivity contribution in [2.24, 2.45) is 5.14 Å². The van der Waals surface area contributed by atoms with Gasteiger partial charge in [-0.3, -0.25) is 9.93 Å². The Balaban J connectivity index is 1.12. The maximum absolute atomic E-state index is 13.5. The molecule has 1 unspecified atom stereocenters. The number of nitrogens with one attached hydrogen (secondary N) is 1. The van der Waals surface area contributed by atoms with Crippen LogP contribution >= 0.6 is 11.9 Å². The van der Waals surface area contributed by atoms with E-state index < -0.39 is 6.09 Å². The summed E-state index contributed by atoms with van der Waals surface area (Å²) < 4.78 is 5.68. The highest BCUT2D eigenvalue weighted by Gasteiger charge is 2.33. The molecular weight excluding hydrogens is 506 g/mol. The second-order valence-corrected chi connectivity index (χ2v) is 10.5. The molecule has 0 saturated heterocycles. The van der Waals surface area contributed by atoms with Gasteiger partial charge in [-0.25, -0.2) is 4.79 Å². The average Bonchev–Trinajstić information content (AvgIpc) is 3.31. The molecule has 0 spiro atoms. The zero-order valence-corrected chi connectivity index (χ0v) is 22.2. The number of hydrogen-bond acceptors (Lipinski definition) is 5. The summed E-state index contributed by atoms with van der Waals surface area (Å²) in [5.74, 6) is -0.0316. The maximum atomic E-state index is 13.5. The minimum absolute atomic E-state index is 0.00219. The third-order valence-electron chi connectivity index (χ3n) is 7.66. The lowest BCUT2D eigenvalue weighted by Gasteiger charge is -2.37. The lowest BCUT2D eigenvalue weighted by atomic mass is 9.89. The first-order valence-electron chi connectivity index (χ1n) is 13.1. The molecular formula is C32H29N3O3S. The molecule has 3 N–H and O–H groups in total. The first-order chi connectivity index (χ1) is 19.1. The number of alkyl carbamates (subject to hydrolysis) is 1. The topological polar surface area (TPSA) is 84.7 Å². The fourth-order valence-corrected chi connectivity index (χ4v) is 6.07. The van der Waals surface area contributed by atoms with Crippen molar-refractivity contribution < 1.29 is 14.3 Å². The number of hydrogen-bond donors (Lipinski definition) is 2. The van der Waals surface area contributed by atoms with Crippen molar-refractivity contribution in [1.82, 2.24) is 10.2 Å². The van der Waals surface area contributed by atoms with E-state index in [4.69, 9.17) is 9.88 Å². The minimum atomic E-state index is -0.484. The van der Waals surface area contributed by atoms with Crippen molar-refractivity contribution in [3.63, 3.8) is 0 Å². The molecule has 0 fully saturated rings. The van der Waals surface area contributed by atoms with Crippen LogP contribution < -0.4 is 10.5 Å². The largest absolute Gasteiger partial charge is 0.449 e. The first-order valence-corrected chi connectivity index (χ1v) is 14.0. The Morgan fingerprint density at radius 1 is 0.872 bits per heavy atom. The Morgan fingerprint density at radius 3 is 2.15 bits per heavy atom. The minimum Gasteiger partial charge on any atom is -0.449 e. The van der Waals surface area contributed by atoms with Crippen LogP contribution in [0.5, 0.6) is 0 Å². The van der Waals surface area contributed by atoms with Gasteiger partial charge in [0.25, 0.3) is 5.91 Å². The number of benzene rings is 4. The van der Waals surface area contributed by atoms with Gasteiger partial charge in [-0.1, -0.05) is 78.9 Å². The fraction of sp³-hybridized carbons (Fsp3) is 0.188. The van der Waals surface area contributed by atoms with Crippen LogP contribution in [0.15, 0.2) is 102 Å². The lowest BCUT2D eigenvalue weighted by Crippen LogP contribution is -2.44. The molecule has 6 rings (SSSR count). The molecule has 7 heteroatoms. The zero-order chi connectivity index (χ0) is 26.8. The highest BCUT2D eigenvalue weighted by Crippen LogP contribution is 2.44. The Kier molecular flexibility index (Phi) is 7.09. The third-order valence-corrected chi connectivity index (χ3v) is 8.21. The summed E-state index contributed by atoms with van der Waals surface area (Å²) in [4.78, 5) is 29.0. The van der Waals surface area contributed by atoms with Gasteiger partial charge in [0.1, 0.15) is 6.61 Å². The van der Waals surface area contributed by atoms with Crippen LogP contribution in [0.2, 0.25) is 0 Å². The van der Waals surface area contributed by atoms with Gasteiger partial charge < -0.3 is 15.0 Å². The molecule has 4 aromatic rings. The summed E-state index contributed by atoms with van der Waals surface area (Å²) in [6.07, 6.45) is 0.227. The molecule has 6 nitrogen and oxygen atoms in total. The summed E-state index contributed by atoms with van der Waals surface area (Å²) in [6.45, 7) is 0.914. The summed E-state index contributed by atoms with van der Waals surface area (Å²) in [7, 11) is 0. The highest BCUT2D eigenvalue weighted by atomic mass is 32.2. The molecule has 1 aliphatic heterocycles. The Hall–Kier alpha value is -4.07. The quantitative estimate of drug-likeness (QED) is 0.287. The molecule has 0 bridgehead atoms. The van der Waals surface area contributed by atoms with E-state index in [2.05, 4.69) is 29.6 Å². The Labute approximate surface area is 232 Å². The van der Waals surface area contributed by atoms with Crippen molar-refractivity contribution >= 4 is 23.9 Å². The molecule has 1 aliphatic carbocycles. The van der Waals surface area contributed by atoms with Crippen LogP contribution in [-0.2, 0) is 11.2 Å². The van der Waals surface area contributed by atoms with Gasteiger partial charge >= 0.3 is 6.09 Å². The predicted octanol–water partition coefficient (Wildman–Crippen LogP) is 5.93. The third kappa shape index (κ3) is 4.91. The molecule has 0 radical (unpaired) electrons. The normalized spacial score (nSPS) is 15.9. The number of amides is 2. The monoisotopic (exact) mass is 535 g/mol. The van der Waals surface area contributed by atoms with E-state index in [-0.39, 0.29) is 31.0 Å². The Bertz CT molecular complexity index is 1480. The highest BCUT2D eigenvalue weighted by molar-refractivity contribution is 7.97. The van der Waals surface area contributed by atoms with E-state index in [9.17, 15) is 9.59 Å². The average molecular weight is 536 g/mol. The van der Waals surface area contributed by atoms with Gasteiger partial charge in [0.05, 0.1) is 6.04 Å². The summed E-state index contributed by atoms with van der Waals surface area (Å²) >= 11 is 1.20. The second-order valence-electron chi connectivity index (χ2n) is 9.81. The zero-order valence-electron chi connectivity index (χ0n) is 21.4. The predicted molar refractivity (Wildman–Crippen MR) is 153 cm³/mol. The van der Waals surface area contributed by atoms with Crippen LogP contribution in [0.25, 0.3) is 11.1 Å². The van der Waals surface area contributed by atoms with E-state index in [1.807, 2.05) is 77.7 Å². The number of carbonyl (C=O) groups is 2. The number of rotatable bonds is 7. The van der Waals surface area contributed by atoms with Gasteiger partial charge in [-0.2, -0.15) is 0 Å². The van der Waals surface area contributed by atoms with Crippen LogP contribution in [-0.4, -0.2) is 36.6 Å². The van der Waals surface area contributed by atoms with E-state index >= 15 is 0 Å².